The number of aromatic amines is 1. The Morgan fingerprint density at radius 3 is 2.59 bits per heavy atom. The topological polar surface area (TPSA) is 88.3 Å². The van der Waals surface area contributed by atoms with Gasteiger partial charge in [0.2, 0.25) is 0 Å². The molecule has 0 saturated carbocycles. The van der Waals surface area contributed by atoms with Crippen molar-refractivity contribution in [3.63, 3.8) is 0 Å². The van der Waals surface area contributed by atoms with Crippen LogP contribution in [0.25, 0.3) is 22.2 Å². The molecule has 0 atom stereocenters. The van der Waals surface area contributed by atoms with Gasteiger partial charge in [0.05, 0.1) is 13.0 Å². The van der Waals surface area contributed by atoms with E-state index in [1.54, 1.807) is 0 Å². The monoisotopic (exact) mass is 394 g/mol. The fourth-order valence-corrected chi connectivity index (χ4v) is 3.58. The van der Waals surface area contributed by atoms with E-state index < -0.39 is 5.97 Å². The number of carboxylic acid groups (broad SMARTS) is 1. The van der Waals surface area contributed by atoms with Gasteiger partial charge in [-0.3, -0.25) is 4.79 Å². The van der Waals surface area contributed by atoms with E-state index in [4.69, 9.17) is 15.6 Å². The van der Waals surface area contributed by atoms with Crippen molar-refractivity contribution in [2.75, 3.05) is 13.2 Å². The van der Waals surface area contributed by atoms with Crippen molar-refractivity contribution in [3.05, 3.63) is 53.6 Å². The molecule has 0 bridgehead atoms. The lowest BCUT2D eigenvalue weighted by Crippen LogP contribution is -2.00. The molecule has 0 unspecified atom stereocenters. The number of benzene rings is 2. The van der Waals surface area contributed by atoms with Gasteiger partial charge in [0, 0.05) is 16.6 Å². The molecule has 3 aromatic rings. The average Bonchev–Trinajstić information content (AvgIpc) is 3.06. The molecule has 0 fully saturated rings. The first-order valence-corrected chi connectivity index (χ1v) is 10.4. The van der Waals surface area contributed by atoms with Crippen molar-refractivity contribution < 1.29 is 14.6 Å². The standard InChI is InChI=1S/C24H30N2O3/c1-2-3-14-29-19-10-8-18(9-11-19)24-20(6-4-5-13-25)21-15-17(16-23(27)28)7-12-22(21)26-24/h7-12,15,26H,2-6,13-14,16,25H2,1H3,(H,27,28). The second-order valence-corrected chi connectivity index (χ2v) is 7.40. The number of aromatic nitrogens is 1. The number of hydrogen-bond donors (Lipinski definition) is 3. The molecule has 5 nitrogen and oxygen atoms in total. The van der Waals surface area contributed by atoms with E-state index in [2.05, 4.69) is 24.0 Å². The second-order valence-electron chi connectivity index (χ2n) is 7.40. The predicted molar refractivity (Wildman–Crippen MR) is 117 cm³/mol. The number of H-pyrrole nitrogens is 1. The third-order valence-electron chi connectivity index (χ3n) is 5.12. The van der Waals surface area contributed by atoms with Gasteiger partial charge in [-0.25, -0.2) is 0 Å². The largest absolute Gasteiger partial charge is 0.494 e. The number of unbranched alkanes of at least 4 members (excludes halogenated alkanes) is 2. The Bertz CT molecular complexity index is 945. The van der Waals surface area contributed by atoms with Gasteiger partial charge in [-0.2, -0.15) is 0 Å². The maximum absolute atomic E-state index is 11.1. The molecule has 1 heterocycles. The molecule has 0 radical (unpaired) electrons. The van der Waals surface area contributed by atoms with Crippen LogP contribution in [0.3, 0.4) is 0 Å². The highest BCUT2D eigenvalue weighted by Crippen LogP contribution is 2.33. The highest BCUT2D eigenvalue weighted by atomic mass is 16.5. The minimum Gasteiger partial charge on any atom is -0.494 e. The van der Waals surface area contributed by atoms with Crippen LogP contribution in [0.4, 0.5) is 0 Å². The molecule has 0 spiro atoms. The maximum Gasteiger partial charge on any atom is 0.307 e. The SMILES string of the molecule is CCCCOc1ccc(-c2[nH]c3ccc(CC(=O)O)cc3c2CCCCN)cc1. The molecule has 0 aliphatic rings. The molecule has 2 aromatic carbocycles. The first-order valence-electron chi connectivity index (χ1n) is 10.4. The molecule has 0 aliphatic carbocycles. The van der Waals surface area contributed by atoms with Crippen molar-refractivity contribution >= 4 is 16.9 Å². The van der Waals surface area contributed by atoms with Crippen LogP contribution in [0.5, 0.6) is 5.75 Å². The number of aryl methyl sites for hydroxylation is 1. The summed E-state index contributed by atoms with van der Waals surface area (Å²) >= 11 is 0. The van der Waals surface area contributed by atoms with Crippen LogP contribution in [0.1, 0.15) is 43.7 Å². The van der Waals surface area contributed by atoms with Crippen LogP contribution in [-0.2, 0) is 17.6 Å². The Labute approximate surface area is 171 Å². The first kappa shape index (κ1) is 20.9. The van der Waals surface area contributed by atoms with Gasteiger partial charge in [-0.1, -0.05) is 19.4 Å². The number of rotatable bonds is 11. The molecule has 4 N–H and O–H groups in total. The van der Waals surface area contributed by atoms with Gasteiger partial charge in [0.15, 0.2) is 0 Å². The molecule has 0 amide bonds. The summed E-state index contributed by atoms with van der Waals surface area (Å²) in [5.41, 5.74) is 10.9. The van der Waals surface area contributed by atoms with Gasteiger partial charge in [-0.15, -0.1) is 0 Å². The molecule has 29 heavy (non-hydrogen) atoms. The zero-order valence-electron chi connectivity index (χ0n) is 17.0. The normalized spacial score (nSPS) is 11.1. The van der Waals surface area contributed by atoms with Gasteiger partial charge in [0.1, 0.15) is 5.75 Å². The lowest BCUT2D eigenvalue weighted by atomic mass is 9.99. The summed E-state index contributed by atoms with van der Waals surface area (Å²) in [6, 6.07) is 14.0. The minimum atomic E-state index is -0.816. The summed E-state index contributed by atoms with van der Waals surface area (Å²) in [5.74, 6) is 0.0650. The van der Waals surface area contributed by atoms with E-state index >= 15 is 0 Å². The Balaban J connectivity index is 1.94. The summed E-state index contributed by atoms with van der Waals surface area (Å²) in [7, 11) is 0. The zero-order valence-corrected chi connectivity index (χ0v) is 17.0. The van der Waals surface area contributed by atoms with Crippen molar-refractivity contribution in [2.45, 2.75) is 45.4 Å². The van der Waals surface area contributed by atoms with E-state index in [1.165, 1.54) is 5.56 Å². The van der Waals surface area contributed by atoms with Crippen LogP contribution in [0, 0.1) is 0 Å². The molecule has 3 rings (SSSR count). The number of nitrogens with one attached hydrogen (secondary N) is 1. The van der Waals surface area contributed by atoms with Gasteiger partial charge < -0.3 is 20.6 Å². The Morgan fingerprint density at radius 2 is 1.90 bits per heavy atom. The number of nitrogens with two attached hydrogens (primary N) is 1. The van der Waals surface area contributed by atoms with Crippen LogP contribution in [-0.4, -0.2) is 29.2 Å². The summed E-state index contributed by atoms with van der Waals surface area (Å²) in [6.45, 7) is 3.56. The summed E-state index contributed by atoms with van der Waals surface area (Å²) < 4.78 is 5.78. The predicted octanol–water partition coefficient (Wildman–Crippen LogP) is 4.92. The average molecular weight is 395 g/mol. The molecule has 0 saturated heterocycles. The van der Waals surface area contributed by atoms with E-state index in [0.717, 1.165) is 72.2 Å². The molecule has 5 heteroatoms. The fourth-order valence-electron chi connectivity index (χ4n) is 3.58. The lowest BCUT2D eigenvalue weighted by molar-refractivity contribution is -0.136. The van der Waals surface area contributed by atoms with Crippen LogP contribution in [0.15, 0.2) is 42.5 Å². The quantitative estimate of drug-likeness (QED) is 0.403. The smallest absolute Gasteiger partial charge is 0.307 e. The number of fused-ring (bicyclic) bond motifs is 1. The van der Waals surface area contributed by atoms with Crippen LogP contribution in [0.2, 0.25) is 0 Å². The number of hydrogen-bond acceptors (Lipinski definition) is 3. The van der Waals surface area contributed by atoms with Crippen LogP contribution >= 0.6 is 0 Å². The van der Waals surface area contributed by atoms with Crippen LogP contribution < -0.4 is 10.5 Å². The van der Waals surface area contributed by atoms with Gasteiger partial charge >= 0.3 is 5.97 Å². The molecule has 154 valence electrons. The lowest BCUT2D eigenvalue weighted by Gasteiger charge is -2.08. The van der Waals surface area contributed by atoms with Crippen molar-refractivity contribution in [3.8, 4) is 17.0 Å². The molecule has 0 aliphatic heterocycles. The van der Waals surface area contributed by atoms with E-state index in [9.17, 15) is 4.79 Å². The van der Waals surface area contributed by atoms with E-state index in [-0.39, 0.29) is 6.42 Å². The highest BCUT2D eigenvalue weighted by Gasteiger charge is 2.14. The minimum absolute atomic E-state index is 0.0302. The van der Waals surface area contributed by atoms with E-state index in [1.807, 2.05) is 30.3 Å². The maximum atomic E-state index is 11.1. The molecule has 1 aromatic heterocycles. The first-order chi connectivity index (χ1) is 14.1. The van der Waals surface area contributed by atoms with Crippen molar-refractivity contribution in [1.29, 1.82) is 0 Å². The second kappa shape index (κ2) is 10.1. The Morgan fingerprint density at radius 1 is 1.10 bits per heavy atom. The summed E-state index contributed by atoms with van der Waals surface area (Å²) in [4.78, 5) is 14.7. The van der Waals surface area contributed by atoms with Gasteiger partial charge in [0.25, 0.3) is 0 Å². The fraction of sp³-hybridized carbons (Fsp3) is 0.375. The number of ether oxygens (including phenoxy) is 1. The summed E-state index contributed by atoms with van der Waals surface area (Å²) in [5, 5.41) is 10.2. The number of carboxylic acids is 1. The Kier molecular flexibility index (Phi) is 7.30. The van der Waals surface area contributed by atoms with Gasteiger partial charge in [-0.05, 0) is 85.3 Å². The highest BCUT2D eigenvalue weighted by molar-refractivity contribution is 5.92. The third-order valence-corrected chi connectivity index (χ3v) is 5.12. The summed E-state index contributed by atoms with van der Waals surface area (Å²) in [6.07, 6.45) is 5.06. The molecular formula is C24H30N2O3. The number of carbonyl (C=O) groups is 1. The number of aliphatic carboxylic acids is 1. The Hall–Kier alpha value is -2.79. The molecular weight excluding hydrogens is 364 g/mol. The third kappa shape index (κ3) is 5.39. The van der Waals surface area contributed by atoms with E-state index in [0.29, 0.717) is 6.54 Å². The zero-order chi connectivity index (χ0) is 20.6. The van der Waals surface area contributed by atoms with Crippen molar-refractivity contribution in [1.82, 2.24) is 4.98 Å². The van der Waals surface area contributed by atoms with Crippen molar-refractivity contribution in [2.24, 2.45) is 5.73 Å².